The molecule has 8 nitrogen and oxygen atoms in total. The number of amides is 2. The summed E-state index contributed by atoms with van der Waals surface area (Å²) in [6.07, 6.45) is 4.70. The monoisotopic (exact) mass is 544 g/mol. The van der Waals surface area contributed by atoms with Crippen LogP contribution < -0.4 is 4.90 Å². The lowest BCUT2D eigenvalue weighted by molar-refractivity contribution is -0.160. The lowest BCUT2D eigenvalue weighted by Crippen LogP contribution is -2.60. The fraction of sp³-hybridized carbons (Fsp3) is 0.552. The molecule has 3 fully saturated rings. The number of aliphatic hydroxyl groups is 1. The van der Waals surface area contributed by atoms with Crippen LogP contribution in [0, 0.1) is 17.8 Å². The van der Waals surface area contributed by atoms with E-state index in [1.807, 2.05) is 20.8 Å². The summed E-state index contributed by atoms with van der Waals surface area (Å²) in [4.78, 5) is 45.2. The van der Waals surface area contributed by atoms with E-state index in [9.17, 15) is 19.5 Å². The maximum absolute atomic E-state index is 14.5. The normalized spacial score (nSPS) is 31.0. The van der Waals surface area contributed by atoms with Crippen molar-refractivity contribution in [2.75, 3.05) is 24.7 Å². The van der Waals surface area contributed by atoms with Crippen LogP contribution in [-0.4, -0.2) is 70.8 Å². The number of ether oxygens (including phenoxy) is 2. The van der Waals surface area contributed by atoms with Crippen LogP contribution in [-0.2, 0) is 23.9 Å². The number of nitrogens with zero attached hydrogens (tertiary/aromatic N) is 2. The van der Waals surface area contributed by atoms with Crippen LogP contribution in [0.1, 0.15) is 40.0 Å². The summed E-state index contributed by atoms with van der Waals surface area (Å²) in [5.74, 6) is -3.12. The molecule has 1 N–H and O–H groups in total. The van der Waals surface area contributed by atoms with E-state index in [2.05, 4.69) is 13.2 Å². The minimum atomic E-state index is -1.23. The van der Waals surface area contributed by atoms with Crippen LogP contribution in [0.15, 0.2) is 49.6 Å². The molecule has 1 spiro atoms. The van der Waals surface area contributed by atoms with Crippen molar-refractivity contribution >= 4 is 35.1 Å². The van der Waals surface area contributed by atoms with Gasteiger partial charge >= 0.3 is 5.97 Å². The molecule has 0 aromatic heterocycles. The van der Waals surface area contributed by atoms with Crippen LogP contribution in [0.25, 0.3) is 0 Å². The van der Waals surface area contributed by atoms with Gasteiger partial charge in [0.2, 0.25) is 5.91 Å². The van der Waals surface area contributed by atoms with Crippen molar-refractivity contribution in [1.82, 2.24) is 4.90 Å². The van der Waals surface area contributed by atoms with E-state index in [-0.39, 0.29) is 37.5 Å². The van der Waals surface area contributed by atoms with Crippen molar-refractivity contribution in [2.24, 2.45) is 17.8 Å². The Bertz CT molecular complexity index is 1110. The first-order valence-electron chi connectivity index (χ1n) is 13.2. The number of aliphatic hydroxyl groups excluding tert-OH is 1. The molecule has 3 heterocycles. The summed E-state index contributed by atoms with van der Waals surface area (Å²) in [5.41, 5.74) is -1.58. The van der Waals surface area contributed by atoms with E-state index in [0.29, 0.717) is 30.0 Å². The van der Waals surface area contributed by atoms with Gasteiger partial charge in [0.1, 0.15) is 24.2 Å². The molecule has 3 aliphatic rings. The molecule has 3 saturated heterocycles. The molecule has 206 valence electrons. The number of anilines is 1. The summed E-state index contributed by atoms with van der Waals surface area (Å²) >= 11 is 6.10. The number of hydrogen-bond donors (Lipinski definition) is 1. The van der Waals surface area contributed by atoms with E-state index in [4.69, 9.17) is 21.1 Å². The molecular formula is C29H37ClN2O6. The standard InChI is InChI=1S/C29H37ClN2O6/c1-6-15-31(20-11-9-19(30)10-12-20)26(35)24-29-14-13-28(5,38-29)23(27(36)37-16-7-2)22(29)25(34)32(24)21(17-33)18(4)8-3/h6-7,9-12,18,21-24,33H,1-2,8,13-17H2,3-5H3/t18-,21-,22-,23-,24?,28+,29?/m0/s1. The number of fused-ring (bicyclic) bond motifs is 1. The third-order valence-electron chi connectivity index (χ3n) is 8.61. The van der Waals surface area contributed by atoms with Gasteiger partial charge in [0.25, 0.3) is 5.91 Å². The second kappa shape index (κ2) is 10.8. The molecule has 4 rings (SSSR count). The fourth-order valence-corrected chi connectivity index (χ4v) is 6.75. The minimum Gasteiger partial charge on any atom is -0.461 e. The number of carbonyl (C=O) groups excluding carboxylic acids is 3. The zero-order valence-corrected chi connectivity index (χ0v) is 23.0. The molecule has 2 bridgehead atoms. The zero-order chi connectivity index (χ0) is 27.8. The quantitative estimate of drug-likeness (QED) is 0.336. The van der Waals surface area contributed by atoms with Crippen molar-refractivity contribution in [1.29, 1.82) is 0 Å². The fourth-order valence-electron chi connectivity index (χ4n) is 6.62. The number of halogens is 1. The van der Waals surface area contributed by atoms with E-state index < -0.39 is 41.1 Å². The van der Waals surface area contributed by atoms with Gasteiger partial charge in [-0.2, -0.15) is 0 Å². The number of hydrogen-bond acceptors (Lipinski definition) is 6. The Morgan fingerprint density at radius 1 is 1.29 bits per heavy atom. The zero-order valence-electron chi connectivity index (χ0n) is 22.3. The number of likely N-dealkylation sites (tertiary alicyclic amines) is 1. The highest BCUT2D eigenvalue weighted by Gasteiger charge is 2.79. The van der Waals surface area contributed by atoms with Gasteiger partial charge in [-0.15, -0.1) is 6.58 Å². The third-order valence-corrected chi connectivity index (χ3v) is 8.86. The number of rotatable bonds is 11. The van der Waals surface area contributed by atoms with Crippen molar-refractivity contribution in [2.45, 2.75) is 63.3 Å². The first-order chi connectivity index (χ1) is 18.1. The highest BCUT2D eigenvalue weighted by molar-refractivity contribution is 6.30. The lowest BCUT2D eigenvalue weighted by atomic mass is 9.66. The molecule has 38 heavy (non-hydrogen) atoms. The lowest BCUT2D eigenvalue weighted by Gasteiger charge is -2.41. The second-order valence-electron chi connectivity index (χ2n) is 10.7. The van der Waals surface area contributed by atoms with E-state index in [0.717, 1.165) is 0 Å². The van der Waals surface area contributed by atoms with Crippen molar-refractivity contribution < 1.29 is 29.0 Å². The Balaban J connectivity index is 1.85. The summed E-state index contributed by atoms with van der Waals surface area (Å²) in [7, 11) is 0. The average Bonchev–Trinajstić information content (AvgIpc) is 3.47. The Kier molecular flexibility index (Phi) is 8.07. The first-order valence-corrected chi connectivity index (χ1v) is 13.6. The minimum absolute atomic E-state index is 0.0151. The van der Waals surface area contributed by atoms with Crippen LogP contribution in [0.5, 0.6) is 0 Å². The summed E-state index contributed by atoms with van der Waals surface area (Å²) in [5, 5.41) is 11.0. The predicted molar refractivity (Wildman–Crippen MR) is 145 cm³/mol. The van der Waals surface area contributed by atoms with Gasteiger partial charge in [-0.1, -0.05) is 50.6 Å². The molecule has 7 atom stereocenters. The van der Waals surface area contributed by atoms with Crippen LogP contribution in [0.3, 0.4) is 0 Å². The van der Waals surface area contributed by atoms with Gasteiger partial charge in [-0.05, 0) is 49.9 Å². The Labute approximate surface area is 229 Å². The molecule has 1 aromatic rings. The number of carbonyl (C=O) groups is 3. The van der Waals surface area contributed by atoms with Gasteiger partial charge in [-0.3, -0.25) is 14.4 Å². The number of benzene rings is 1. The maximum Gasteiger partial charge on any atom is 0.313 e. The maximum atomic E-state index is 14.5. The third kappa shape index (κ3) is 4.36. The van der Waals surface area contributed by atoms with E-state index >= 15 is 0 Å². The van der Waals surface area contributed by atoms with E-state index in [1.54, 1.807) is 35.2 Å². The van der Waals surface area contributed by atoms with Gasteiger partial charge < -0.3 is 24.4 Å². The summed E-state index contributed by atoms with van der Waals surface area (Å²) in [6, 6.07) is 5.19. The average molecular weight is 545 g/mol. The molecule has 2 amide bonds. The van der Waals surface area contributed by atoms with Crippen LogP contribution in [0.2, 0.25) is 5.02 Å². The molecule has 0 aliphatic carbocycles. The Morgan fingerprint density at radius 2 is 1.97 bits per heavy atom. The predicted octanol–water partition coefficient (Wildman–Crippen LogP) is 3.76. The molecule has 3 aliphatic heterocycles. The second-order valence-corrected chi connectivity index (χ2v) is 11.2. The summed E-state index contributed by atoms with van der Waals surface area (Å²) in [6.45, 7) is 13.0. The first kappa shape index (κ1) is 28.3. The molecule has 0 saturated carbocycles. The highest BCUT2D eigenvalue weighted by atomic mass is 35.5. The molecular weight excluding hydrogens is 508 g/mol. The molecule has 2 unspecified atom stereocenters. The molecule has 0 radical (unpaired) electrons. The number of esters is 1. The summed E-state index contributed by atoms with van der Waals surface area (Å²) < 4.78 is 12.1. The van der Waals surface area contributed by atoms with Crippen molar-refractivity contribution in [3.05, 3.63) is 54.6 Å². The van der Waals surface area contributed by atoms with E-state index in [1.165, 1.54) is 11.0 Å². The largest absolute Gasteiger partial charge is 0.461 e. The van der Waals surface area contributed by atoms with Gasteiger partial charge in [0.05, 0.1) is 24.2 Å². The SMILES string of the molecule is C=CCOC(=O)[C@@H]1[C@H]2C(=O)N([C@@H](CO)[C@@H](C)CC)C(C(=O)N(CC=C)c3ccc(Cl)cc3)C23CC[C@@]1(C)O3. The van der Waals surface area contributed by atoms with Gasteiger partial charge in [0, 0.05) is 17.3 Å². The van der Waals surface area contributed by atoms with Crippen LogP contribution in [0.4, 0.5) is 5.69 Å². The van der Waals surface area contributed by atoms with Crippen LogP contribution >= 0.6 is 11.6 Å². The van der Waals surface area contributed by atoms with Crippen molar-refractivity contribution in [3.8, 4) is 0 Å². The highest BCUT2D eigenvalue weighted by Crippen LogP contribution is 2.64. The molecule has 1 aromatic carbocycles. The van der Waals surface area contributed by atoms with Gasteiger partial charge in [0.15, 0.2) is 0 Å². The molecule has 9 heteroatoms. The smallest absolute Gasteiger partial charge is 0.313 e. The Hall–Kier alpha value is -2.68. The van der Waals surface area contributed by atoms with Crippen molar-refractivity contribution in [3.63, 3.8) is 0 Å². The topological polar surface area (TPSA) is 96.4 Å². The van der Waals surface area contributed by atoms with Gasteiger partial charge in [-0.25, -0.2) is 0 Å². The Morgan fingerprint density at radius 3 is 2.55 bits per heavy atom.